The molecule has 0 fully saturated rings. The number of amides is 1. The quantitative estimate of drug-likeness (QED) is 0.589. The predicted octanol–water partition coefficient (Wildman–Crippen LogP) is 3.30. The highest BCUT2D eigenvalue weighted by atomic mass is 32.1. The van der Waals surface area contributed by atoms with Crippen molar-refractivity contribution in [1.29, 1.82) is 0 Å². The first-order valence-corrected chi connectivity index (χ1v) is 8.94. The lowest BCUT2D eigenvalue weighted by molar-refractivity contribution is -0.116. The van der Waals surface area contributed by atoms with E-state index in [9.17, 15) is 14.0 Å². The van der Waals surface area contributed by atoms with E-state index in [2.05, 4.69) is 15.3 Å². The molecular weight excluding hydrogens is 367 g/mol. The Morgan fingerprint density at radius 1 is 1.19 bits per heavy atom. The number of halogens is 1. The van der Waals surface area contributed by atoms with E-state index in [1.807, 2.05) is 6.07 Å². The number of nitrogens with zero attached hydrogens (tertiary/aromatic N) is 3. The minimum atomic E-state index is -0.381. The van der Waals surface area contributed by atoms with Gasteiger partial charge in [-0.15, -0.1) is 11.3 Å². The van der Waals surface area contributed by atoms with Crippen LogP contribution in [0.15, 0.2) is 64.9 Å². The van der Waals surface area contributed by atoms with E-state index in [-0.39, 0.29) is 23.8 Å². The van der Waals surface area contributed by atoms with Crippen LogP contribution in [0.1, 0.15) is 0 Å². The summed E-state index contributed by atoms with van der Waals surface area (Å²) in [5, 5.41) is 4.80. The standard InChI is InChI=1S/C19H13FN4O2S/c20-13-5-3-4-12(8-13)15-11-27-19(22-15)23-17(25)10-24-16-7-2-1-6-14(16)21-9-18(24)26/h1-9,11H,10H2,(H,22,23,25). The summed E-state index contributed by atoms with van der Waals surface area (Å²) in [6.07, 6.45) is 1.20. The number of rotatable bonds is 4. The molecule has 4 aromatic rings. The van der Waals surface area contributed by atoms with Crippen molar-refractivity contribution in [1.82, 2.24) is 14.5 Å². The normalized spacial score (nSPS) is 10.9. The van der Waals surface area contributed by atoms with Crippen LogP contribution in [0.4, 0.5) is 9.52 Å². The molecule has 8 heteroatoms. The van der Waals surface area contributed by atoms with Gasteiger partial charge >= 0.3 is 0 Å². The van der Waals surface area contributed by atoms with Gasteiger partial charge in [-0.3, -0.25) is 14.2 Å². The minimum absolute atomic E-state index is 0.156. The average molecular weight is 380 g/mol. The molecule has 134 valence electrons. The van der Waals surface area contributed by atoms with Crippen LogP contribution in [0.5, 0.6) is 0 Å². The van der Waals surface area contributed by atoms with Crippen LogP contribution in [-0.2, 0) is 11.3 Å². The first-order chi connectivity index (χ1) is 13.1. The lowest BCUT2D eigenvalue weighted by atomic mass is 10.2. The van der Waals surface area contributed by atoms with Crippen LogP contribution in [0.3, 0.4) is 0 Å². The molecule has 1 N–H and O–H groups in total. The molecule has 2 aromatic carbocycles. The highest BCUT2D eigenvalue weighted by Gasteiger charge is 2.12. The summed E-state index contributed by atoms with van der Waals surface area (Å²) in [5.74, 6) is -0.733. The van der Waals surface area contributed by atoms with Gasteiger partial charge in [0, 0.05) is 10.9 Å². The molecule has 2 aromatic heterocycles. The third kappa shape index (κ3) is 3.61. The number of benzene rings is 2. The highest BCUT2D eigenvalue weighted by Crippen LogP contribution is 2.25. The number of aromatic nitrogens is 3. The van der Waals surface area contributed by atoms with E-state index >= 15 is 0 Å². The molecule has 0 aliphatic rings. The van der Waals surface area contributed by atoms with E-state index in [1.54, 1.807) is 35.7 Å². The van der Waals surface area contributed by atoms with Crippen LogP contribution < -0.4 is 10.9 Å². The van der Waals surface area contributed by atoms with Crippen molar-refractivity contribution in [2.24, 2.45) is 0 Å². The monoisotopic (exact) mass is 380 g/mol. The van der Waals surface area contributed by atoms with E-state index in [1.165, 1.54) is 34.2 Å². The van der Waals surface area contributed by atoms with Crippen molar-refractivity contribution in [3.05, 3.63) is 76.3 Å². The molecule has 0 saturated carbocycles. The smallest absolute Gasteiger partial charge is 0.269 e. The fourth-order valence-corrected chi connectivity index (χ4v) is 3.43. The summed E-state index contributed by atoms with van der Waals surface area (Å²) in [6.45, 7) is -0.156. The van der Waals surface area contributed by atoms with Crippen molar-refractivity contribution >= 4 is 33.4 Å². The number of para-hydroxylation sites is 2. The van der Waals surface area contributed by atoms with Gasteiger partial charge in [0.1, 0.15) is 12.4 Å². The van der Waals surface area contributed by atoms with Gasteiger partial charge in [0.15, 0.2) is 5.13 Å². The molecule has 0 spiro atoms. The molecule has 0 atom stereocenters. The molecule has 27 heavy (non-hydrogen) atoms. The maximum atomic E-state index is 13.3. The summed E-state index contributed by atoms with van der Waals surface area (Å²) in [5.41, 5.74) is 2.06. The Kier molecular flexibility index (Phi) is 4.47. The third-order valence-corrected chi connectivity index (χ3v) is 4.68. The number of carbonyl (C=O) groups is 1. The van der Waals surface area contributed by atoms with Gasteiger partial charge in [-0.2, -0.15) is 0 Å². The third-order valence-electron chi connectivity index (χ3n) is 3.93. The van der Waals surface area contributed by atoms with Crippen molar-refractivity contribution in [2.75, 3.05) is 5.32 Å². The van der Waals surface area contributed by atoms with Gasteiger partial charge in [-0.05, 0) is 24.3 Å². The lowest BCUT2D eigenvalue weighted by Gasteiger charge is -2.08. The van der Waals surface area contributed by atoms with Crippen LogP contribution in [0.2, 0.25) is 0 Å². The number of carbonyl (C=O) groups excluding carboxylic acids is 1. The molecular formula is C19H13FN4O2S. The molecule has 1 amide bonds. The predicted molar refractivity (Wildman–Crippen MR) is 102 cm³/mol. The highest BCUT2D eigenvalue weighted by molar-refractivity contribution is 7.14. The van der Waals surface area contributed by atoms with Crippen molar-refractivity contribution < 1.29 is 9.18 Å². The summed E-state index contributed by atoms with van der Waals surface area (Å²) < 4.78 is 14.7. The molecule has 0 bridgehead atoms. The molecule has 2 heterocycles. The van der Waals surface area contributed by atoms with Gasteiger partial charge in [0.2, 0.25) is 5.91 Å². The second kappa shape index (κ2) is 7.08. The van der Waals surface area contributed by atoms with E-state index in [0.717, 1.165) is 0 Å². The number of hydrogen-bond acceptors (Lipinski definition) is 5. The summed E-state index contributed by atoms with van der Waals surface area (Å²) >= 11 is 1.23. The summed E-state index contributed by atoms with van der Waals surface area (Å²) in [4.78, 5) is 32.9. The molecule has 0 radical (unpaired) electrons. The maximum absolute atomic E-state index is 13.3. The van der Waals surface area contributed by atoms with Crippen molar-refractivity contribution in [2.45, 2.75) is 6.54 Å². The van der Waals surface area contributed by atoms with Crippen molar-refractivity contribution in [3.8, 4) is 11.3 Å². The largest absolute Gasteiger partial charge is 0.300 e. The topological polar surface area (TPSA) is 76.9 Å². The number of nitrogens with one attached hydrogen (secondary N) is 1. The Hall–Kier alpha value is -3.39. The number of hydrogen-bond donors (Lipinski definition) is 1. The summed E-state index contributed by atoms with van der Waals surface area (Å²) in [7, 11) is 0. The van der Waals surface area contributed by atoms with Gasteiger partial charge in [0.25, 0.3) is 5.56 Å². The average Bonchev–Trinajstić information content (AvgIpc) is 3.12. The van der Waals surface area contributed by atoms with Crippen LogP contribution in [-0.4, -0.2) is 20.4 Å². The summed E-state index contributed by atoms with van der Waals surface area (Å²) in [6, 6.07) is 13.2. The zero-order chi connectivity index (χ0) is 18.8. The maximum Gasteiger partial charge on any atom is 0.269 e. The van der Waals surface area contributed by atoms with Crippen LogP contribution in [0.25, 0.3) is 22.3 Å². The zero-order valence-corrected chi connectivity index (χ0v) is 14.7. The second-order valence-electron chi connectivity index (χ2n) is 5.77. The van der Waals surface area contributed by atoms with Gasteiger partial charge in [-0.25, -0.2) is 14.4 Å². The molecule has 0 aliphatic carbocycles. The Labute approximate surface area is 157 Å². The second-order valence-corrected chi connectivity index (χ2v) is 6.63. The fraction of sp³-hybridized carbons (Fsp3) is 0.0526. The number of fused-ring (bicyclic) bond motifs is 1. The SMILES string of the molecule is O=C(Cn1c(=O)cnc2ccccc21)Nc1nc(-c2cccc(F)c2)cs1. The Morgan fingerprint density at radius 2 is 2.04 bits per heavy atom. The fourth-order valence-electron chi connectivity index (χ4n) is 2.69. The lowest BCUT2D eigenvalue weighted by Crippen LogP contribution is -2.27. The molecule has 6 nitrogen and oxygen atoms in total. The van der Waals surface area contributed by atoms with E-state index in [0.29, 0.717) is 27.4 Å². The Bertz CT molecular complexity index is 1200. The first kappa shape index (κ1) is 17.0. The van der Waals surface area contributed by atoms with Crippen LogP contribution >= 0.6 is 11.3 Å². The molecule has 0 saturated heterocycles. The number of thiazole rings is 1. The first-order valence-electron chi connectivity index (χ1n) is 8.06. The Morgan fingerprint density at radius 3 is 2.89 bits per heavy atom. The van der Waals surface area contributed by atoms with E-state index in [4.69, 9.17) is 0 Å². The van der Waals surface area contributed by atoms with Crippen molar-refractivity contribution in [3.63, 3.8) is 0 Å². The van der Waals surface area contributed by atoms with Crippen LogP contribution in [0, 0.1) is 5.82 Å². The van der Waals surface area contributed by atoms with Gasteiger partial charge in [-0.1, -0.05) is 24.3 Å². The molecule has 0 unspecified atom stereocenters. The number of anilines is 1. The van der Waals surface area contributed by atoms with E-state index < -0.39 is 0 Å². The van der Waals surface area contributed by atoms with Gasteiger partial charge < -0.3 is 5.32 Å². The van der Waals surface area contributed by atoms with Gasteiger partial charge in [0.05, 0.1) is 22.9 Å². The molecule has 4 rings (SSSR count). The molecule has 0 aliphatic heterocycles. The zero-order valence-electron chi connectivity index (χ0n) is 13.9. The minimum Gasteiger partial charge on any atom is -0.300 e. The Balaban J connectivity index is 1.54.